The Morgan fingerprint density at radius 2 is 1.95 bits per heavy atom. The van der Waals surface area contributed by atoms with Gasteiger partial charge >= 0.3 is 6.01 Å². The molecule has 1 unspecified atom stereocenters. The Morgan fingerprint density at radius 3 is 2.73 bits per heavy atom. The fourth-order valence-corrected chi connectivity index (χ4v) is 7.95. The van der Waals surface area contributed by atoms with Crippen LogP contribution in [0.3, 0.4) is 0 Å². The first-order chi connectivity index (χ1) is 21.3. The molecule has 4 aromatic rings. The SMILES string of the molecule is C#Cc1c(F)ccc2cc(O)cc(-c3ccc4c(N5CCC6(CCN6)C5)nc(OC[C@@]56CCCN5C[C@H](F)C6)nc4c3F)c12. The predicted octanol–water partition coefficient (Wildman–Crippen LogP) is 5.31. The molecule has 44 heavy (non-hydrogen) atoms. The number of nitrogens with zero attached hydrogens (tertiary/aromatic N) is 4. The number of halogens is 3. The highest BCUT2D eigenvalue weighted by Crippen LogP contribution is 2.43. The Labute approximate surface area is 253 Å². The van der Waals surface area contributed by atoms with E-state index in [-0.39, 0.29) is 46.1 Å². The van der Waals surface area contributed by atoms with Crippen LogP contribution in [0.4, 0.5) is 19.0 Å². The van der Waals surface area contributed by atoms with Gasteiger partial charge in [0.15, 0.2) is 5.82 Å². The molecule has 3 aromatic carbocycles. The third-order valence-electron chi connectivity index (χ3n) is 10.2. The molecule has 4 saturated heterocycles. The lowest BCUT2D eigenvalue weighted by Crippen LogP contribution is -2.58. The Hall–Kier alpha value is -4.07. The number of aromatic nitrogens is 2. The van der Waals surface area contributed by atoms with Gasteiger partial charge in [-0.05, 0) is 74.0 Å². The molecule has 4 aliphatic rings. The van der Waals surface area contributed by atoms with Gasteiger partial charge in [0.2, 0.25) is 0 Å². The summed E-state index contributed by atoms with van der Waals surface area (Å²) in [5.74, 6) is 1.60. The second-order valence-electron chi connectivity index (χ2n) is 12.8. The molecule has 3 atom stereocenters. The van der Waals surface area contributed by atoms with Crippen LogP contribution in [-0.2, 0) is 0 Å². The Bertz CT molecular complexity index is 1870. The average Bonchev–Trinajstić information content (AvgIpc) is 3.69. The number of ether oxygens (including phenoxy) is 1. The lowest BCUT2D eigenvalue weighted by molar-refractivity contribution is 0.107. The number of benzene rings is 3. The van der Waals surface area contributed by atoms with Gasteiger partial charge < -0.3 is 20.1 Å². The molecule has 7 nitrogen and oxygen atoms in total. The number of phenolic OH excluding ortho intramolecular Hbond substituents is 1. The average molecular weight is 600 g/mol. The van der Waals surface area contributed by atoms with Gasteiger partial charge in [-0.15, -0.1) is 6.42 Å². The summed E-state index contributed by atoms with van der Waals surface area (Å²) in [6, 6.07) is 9.01. The minimum Gasteiger partial charge on any atom is -0.508 e. The molecular formula is C34H32F3N5O2. The highest BCUT2D eigenvalue weighted by atomic mass is 19.1. The topological polar surface area (TPSA) is 73.8 Å². The number of anilines is 1. The molecule has 0 radical (unpaired) electrons. The minimum absolute atomic E-state index is 0.0112. The fourth-order valence-electron chi connectivity index (χ4n) is 7.95. The van der Waals surface area contributed by atoms with Gasteiger partial charge in [-0.25, -0.2) is 13.2 Å². The number of rotatable bonds is 5. The minimum atomic E-state index is -0.905. The van der Waals surface area contributed by atoms with E-state index in [9.17, 15) is 13.9 Å². The number of fused-ring (bicyclic) bond motifs is 3. The van der Waals surface area contributed by atoms with Crippen LogP contribution in [0, 0.1) is 24.0 Å². The lowest BCUT2D eigenvalue weighted by atomic mass is 9.87. The van der Waals surface area contributed by atoms with Crippen molar-refractivity contribution in [2.75, 3.05) is 44.2 Å². The van der Waals surface area contributed by atoms with E-state index in [2.05, 4.69) is 26.0 Å². The fraction of sp³-hybridized carbons (Fsp3) is 0.412. The van der Waals surface area contributed by atoms with Crippen LogP contribution in [0.2, 0.25) is 0 Å². The molecule has 1 aromatic heterocycles. The monoisotopic (exact) mass is 599 g/mol. The molecule has 226 valence electrons. The summed E-state index contributed by atoms with van der Waals surface area (Å²) in [6.07, 6.45) is 8.98. The van der Waals surface area contributed by atoms with Crippen molar-refractivity contribution < 1.29 is 23.0 Å². The first kappa shape index (κ1) is 27.5. The third kappa shape index (κ3) is 4.20. The molecule has 1 spiro atoms. The van der Waals surface area contributed by atoms with Crippen molar-refractivity contribution in [3.05, 3.63) is 53.6 Å². The van der Waals surface area contributed by atoms with Crippen molar-refractivity contribution in [1.82, 2.24) is 20.2 Å². The van der Waals surface area contributed by atoms with E-state index < -0.39 is 23.3 Å². The molecule has 0 aliphatic carbocycles. The molecule has 4 fully saturated rings. The van der Waals surface area contributed by atoms with Crippen LogP contribution in [0.15, 0.2) is 36.4 Å². The summed E-state index contributed by atoms with van der Waals surface area (Å²) in [7, 11) is 0. The largest absolute Gasteiger partial charge is 0.508 e. The summed E-state index contributed by atoms with van der Waals surface area (Å²) >= 11 is 0. The van der Waals surface area contributed by atoms with Crippen LogP contribution in [-0.4, -0.2) is 76.6 Å². The number of phenols is 1. The van der Waals surface area contributed by atoms with Gasteiger partial charge in [0.05, 0.1) is 11.1 Å². The third-order valence-corrected chi connectivity index (χ3v) is 10.2. The van der Waals surface area contributed by atoms with Gasteiger partial charge in [-0.1, -0.05) is 18.1 Å². The number of hydrogen-bond acceptors (Lipinski definition) is 7. The summed E-state index contributed by atoms with van der Waals surface area (Å²) < 4.78 is 52.2. The molecule has 0 saturated carbocycles. The number of nitrogens with one attached hydrogen (secondary N) is 1. The lowest BCUT2D eigenvalue weighted by Gasteiger charge is -2.39. The Kier molecular flexibility index (Phi) is 6.23. The maximum absolute atomic E-state index is 16.8. The van der Waals surface area contributed by atoms with Crippen LogP contribution < -0.4 is 15.0 Å². The zero-order chi connectivity index (χ0) is 30.2. The van der Waals surface area contributed by atoms with Crippen molar-refractivity contribution in [2.24, 2.45) is 0 Å². The van der Waals surface area contributed by atoms with Crippen molar-refractivity contribution in [1.29, 1.82) is 0 Å². The summed E-state index contributed by atoms with van der Waals surface area (Å²) in [5, 5.41) is 15.4. The molecule has 2 N–H and O–H groups in total. The van der Waals surface area contributed by atoms with Crippen LogP contribution in [0.5, 0.6) is 11.8 Å². The maximum Gasteiger partial charge on any atom is 0.319 e. The van der Waals surface area contributed by atoms with Crippen LogP contribution in [0.25, 0.3) is 32.8 Å². The van der Waals surface area contributed by atoms with Crippen LogP contribution in [0.1, 0.15) is 37.7 Å². The highest BCUT2D eigenvalue weighted by Gasteiger charge is 2.49. The predicted molar refractivity (Wildman–Crippen MR) is 163 cm³/mol. The molecule has 5 heterocycles. The van der Waals surface area contributed by atoms with E-state index in [0.717, 1.165) is 51.9 Å². The first-order valence-corrected chi connectivity index (χ1v) is 15.2. The first-order valence-electron chi connectivity index (χ1n) is 15.2. The quantitative estimate of drug-likeness (QED) is 0.301. The van der Waals surface area contributed by atoms with E-state index in [0.29, 0.717) is 34.9 Å². The van der Waals surface area contributed by atoms with E-state index in [1.54, 1.807) is 12.1 Å². The van der Waals surface area contributed by atoms with E-state index in [4.69, 9.17) is 16.1 Å². The van der Waals surface area contributed by atoms with Crippen molar-refractivity contribution >= 4 is 27.5 Å². The molecular weight excluding hydrogens is 567 g/mol. The standard InChI is InChI=1S/C34H32F3N5O2/c1-2-23-27(36)7-4-20-14-22(43)15-26(28(20)23)24-5-6-25-30(29(24)37)39-32(40-31(25)41-13-10-33(18-41)9-11-38-33)44-19-34-8-3-12-42(34)17-21(35)16-34/h1,4-7,14-15,21,38,43H,3,8-13,16-19H2/t21-,33?,34+/m1/s1. The molecule has 8 rings (SSSR count). The maximum atomic E-state index is 16.8. The molecule has 0 bridgehead atoms. The summed E-state index contributed by atoms with van der Waals surface area (Å²) in [6.45, 7) is 3.87. The summed E-state index contributed by atoms with van der Waals surface area (Å²) in [4.78, 5) is 13.7. The van der Waals surface area contributed by atoms with Gasteiger partial charge in [0.1, 0.15) is 35.7 Å². The zero-order valence-electron chi connectivity index (χ0n) is 24.2. The van der Waals surface area contributed by atoms with Crippen molar-refractivity contribution in [2.45, 2.75) is 49.4 Å². The van der Waals surface area contributed by atoms with E-state index in [1.807, 2.05) is 0 Å². The molecule has 10 heteroatoms. The number of hydrogen-bond donors (Lipinski definition) is 2. The van der Waals surface area contributed by atoms with Crippen molar-refractivity contribution in [3.63, 3.8) is 0 Å². The molecule has 0 amide bonds. The molecule has 4 aliphatic heterocycles. The van der Waals surface area contributed by atoms with Crippen molar-refractivity contribution in [3.8, 4) is 35.2 Å². The van der Waals surface area contributed by atoms with Crippen LogP contribution >= 0.6 is 0 Å². The Balaban J connectivity index is 1.27. The second kappa shape index (κ2) is 9.98. The Morgan fingerprint density at radius 1 is 1.09 bits per heavy atom. The zero-order valence-corrected chi connectivity index (χ0v) is 24.2. The van der Waals surface area contributed by atoms with E-state index in [1.165, 1.54) is 24.3 Å². The smallest absolute Gasteiger partial charge is 0.319 e. The van der Waals surface area contributed by atoms with Gasteiger partial charge in [0, 0.05) is 47.9 Å². The van der Waals surface area contributed by atoms with Gasteiger partial charge in [-0.2, -0.15) is 9.97 Å². The normalized spacial score (nSPS) is 26.4. The number of alkyl halides is 1. The van der Waals surface area contributed by atoms with Gasteiger partial charge in [0.25, 0.3) is 0 Å². The number of aromatic hydroxyl groups is 1. The van der Waals surface area contributed by atoms with E-state index >= 15 is 4.39 Å². The summed E-state index contributed by atoms with van der Waals surface area (Å²) in [5.41, 5.74) is 0.0248. The van der Waals surface area contributed by atoms with Gasteiger partial charge in [-0.3, -0.25) is 4.90 Å². The second-order valence-corrected chi connectivity index (χ2v) is 12.8. The highest BCUT2D eigenvalue weighted by molar-refractivity contribution is 6.04. The number of terminal acetylenes is 1.